The Bertz CT molecular complexity index is 639. The van der Waals surface area contributed by atoms with Crippen LogP contribution in [0.5, 0.6) is 0 Å². The molecule has 0 aromatic carbocycles. The van der Waals surface area contributed by atoms with Crippen LogP contribution in [0.3, 0.4) is 0 Å². The minimum absolute atomic E-state index is 0.0276. The molecule has 0 amide bonds. The second-order valence-corrected chi connectivity index (χ2v) is 4.59. The van der Waals surface area contributed by atoms with E-state index in [1.165, 1.54) is 6.26 Å². The molecule has 0 aliphatic rings. The van der Waals surface area contributed by atoms with Crippen molar-refractivity contribution < 1.29 is 17.7 Å². The van der Waals surface area contributed by atoms with Crippen molar-refractivity contribution in [1.29, 1.82) is 0 Å². The molecule has 2 aromatic heterocycles. The molecular formula is C10H8BrF3N4O2. The van der Waals surface area contributed by atoms with Gasteiger partial charge in [0.2, 0.25) is 0 Å². The maximum atomic E-state index is 12.2. The lowest BCUT2D eigenvalue weighted by atomic mass is 10.4. The number of hydrogen-bond acceptors (Lipinski definition) is 5. The number of rotatable bonds is 4. The first-order valence-corrected chi connectivity index (χ1v) is 6.11. The molecule has 2 heterocycles. The van der Waals surface area contributed by atoms with Gasteiger partial charge in [0.05, 0.1) is 18.4 Å². The van der Waals surface area contributed by atoms with Gasteiger partial charge < -0.3 is 9.84 Å². The van der Waals surface area contributed by atoms with Crippen molar-refractivity contribution in [3.05, 3.63) is 39.0 Å². The van der Waals surface area contributed by atoms with E-state index in [-0.39, 0.29) is 16.7 Å². The Kier molecular flexibility index (Phi) is 4.12. The van der Waals surface area contributed by atoms with Crippen LogP contribution in [0.1, 0.15) is 5.69 Å². The van der Waals surface area contributed by atoms with Crippen LogP contribution >= 0.6 is 15.9 Å². The third kappa shape index (κ3) is 3.59. The van der Waals surface area contributed by atoms with E-state index < -0.39 is 18.3 Å². The molecule has 0 bridgehead atoms. The lowest BCUT2D eigenvalue weighted by Crippen LogP contribution is -2.31. The van der Waals surface area contributed by atoms with Crippen molar-refractivity contribution in [2.75, 3.05) is 5.32 Å². The van der Waals surface area contributed by atoms with Gasteiger partial charge in [-0.15, -0.1) is 0 Å². The van der Waals surface area contributed by atoms with E-state index in [9.17, 15) is 18.0 Å². The van der Waals surface area contributed by atoms with Gasteiger partial charge in [-0.25, -0.2) is 4.68 Å². The van der Waals surface area contributed by atoms with E-state index in [4.69, 9.17) is 0 Å². The van der Waals surface area contributed by atoms with Gasteiger partial charge in [0.25, 0.3) is 5.56 Å². The van der Waals surface area contributed by atoms with Crippen LogP contribution in [0.25, 0.3) is 0 Å². The SMILES string of the molecule is O=c1c(Br)c(NCc2ccon2)cnn1CC(F)(F)F. The number of alkyl halides is 3. The normalized spacial score (nSPS) is 11.6. The fraction of sp³-hybridized carbons (Fsp3) is 0.300. The summed E-state index contributed by atoms with van der Waals surface area (Å²) in [5.41, 5.74) is -0.0136. The molecule has 10 heteroatoms. The summed E-state index contributed by atoms with van der Waals surface area (Å²) in [5.74, 6) is 0. The van der Waals surface area contributed by atoms with Crippen LogP contribution in [-0.4, -0.2) is 21.1 Å². The van der Waals surface area contributed by atoms with Crippen LogP contribution in [0, 0.1) is 0 Å². The van der Waals surface area contributed by atoms with Crippen molar-refractivity contribution in [3.8, 4) is 0 Å². The minimum Gasteiger partial charge on any atom is -0.377 e. The Balaban J connectivity index is 2.16. The Morgan fingerprint density at radius 2 is 2.20 bits per heavy atom. The average Bonchev–Trinajstić information content (AvgIpc) is 2.86. The predicted molar refractivity (Wildman–Crippen MR) is 66.1 cm³/mol. The van der Waals surface area contributed by atoms with Crippen LogP contribution in [-0.2, 0) is 13.1 Å². The number of nitrogens with zero attached hydrogens (tertiary/aromatic N) is 3. The summed E-state index contributed by atoms with van der Waals surface area (Å²) >= 11 is 2.96. The van der Waals surface area contributed by atoms with Crippen molar-refractivity contribution in [3.63, 3.8) is 0 Å². The van der Waals surface area contributed by atoms with E-state index in [2.05, 4.69) is 36.0 Å². The summed E-state index contributed by atoms with van der Waals surface area (Å²) in [6.07, 6.45) is -1.99. The fourth-order valence-corrected chi connectivity index (χ4v) is 1.83. The van der Waals surface area contributed by atoms with Gasteiger partial charge in [-0.3, -0.25) is 4.79 Å². The quantitative estimate of drug-likeness (QED) is 0.912. The Hall–Kier alpha value is -1.84. The maximum Gasteiger partial charge on any atom is 0.408 e. The number of anilines is 1. The molecule has 0 atom stereocenters. The zero-order chi connectivity index (χ0) is 14.8. The van der Waals surface area contributed by atoms with E-state index in [0.717, 1.165) is 6.20 Å². The van der Waals surface area contributed by atoms with Gasteiger partial charge in [0.1, 0.15) is 23.0 Å². The van der Waals surface area contributed by atoms with E-state index in [0.29, 0.717) is 10.4 Å². The molecule has 0 saturated carbocycles. The molecular weight excluding hydrogens is 345 g/mol. The molecule has 1 N–H and O–H groups in total. The number of nitrogens with one attached hydrogen (secondary N) is 1. The second kappa shape index (κ2) is 5.65. The highest BCUT2D eigenvalue weighted by atomic mass is 79.9. The molecule has 108 valence electrons. The summed E-state index contributed by atoms with van der Waals surface area (Å²) in [7, 11) is 0. The molecule has 0 spiro atoms. The summed E-state index contributed by atoms with van der Waals surface area (Å²) in [5, 5.41) is 9.94. The van der Waals surface area contributed by atoms with Crippen LogP contribution in [0.4, 0.5) is 18.9 Å². The van der Waals surface area contributed by atoms with Crippen LogP contribution < -0.4 is 10.9 Å². The summed E-state index contributed by atoms with van der Waals surface area (Å²) in [4.78, 5) is 11.7. The molecule has 0 fully saturated rings. The van der Waals surface area contributed by atoms with E-state index in [1.54, 1.807) is 6.07 Å². The highest BCUT2D eigenvalue weighted by Crippen LogP contribution is 2.19. The molecule has 0 aliphatic carbocycles. The van der Waals surface area contributed by atoms with Gasteiger partial charge in [-0.2, -0.15) is 18.3 Å². The number of halogens is 4. The smallest absolute Gasteiger partial charge is 0.377 e. The standard InChI is InChI=1S/C10H8BrF3N4O2/c11-8-7(15-3-6-1-2-20-17-6)4-16-18(9(8)19)5-10(12,13)14/h1-2,4,15H,3,5H2. The molecule has 2 rings (SSSR count). The lowest BCUT2D eigenvalue weighted by Gasteiger charge is -2.11. The molecule has 20 heavy (non-hydrogen) atoms. The van der Waals surface area contributed by atoms with Crippen molar-refractivity contribution in [2.24, 2.45) is 0 Å². The van der Waals surface area contributed by atoms with Crippen molar-refractivity contribution in [2.45, 2.75) is 19.3 Å². The van der Waals surface area contributed by atoms with Crippen LogP contribution in [0.2, 0.25) is 0 Å². The highest BCUT2D eigenvalue weighted by Gasteiger charge is 2.29. The molecule has 0 saturated heterocycles. The zero-order valence-corrected chi connectivity index (χ0v) is 11.4. The van der Waals surface area contributed by atoms with Gasteiger partial charge in [-0.05, 0) is 15.9 Å². The predicted octanol–water partition coefficient (Wildman–Crippen LogP) is 2.17. The summed E-state index contributed by atoms with van der Waals surface area (Å²) < 4.78 is 41.6. The van der Waals surface area contributed by atoms with Gasteiger partial charge in [0, 0.05) is 6.07 Å². The molecule has 2 aromatic rings. The first-order valence-electron chi connectivity index (χ1n) is 5.32. The first kappa shape index (κ1) is 14.6. The Morgan fingerprint density at radius 1 is 1.45 bits per heavy atom. The largest absolute Gasteiger partial charge is 0.408 e. The lowest BCUT2D eigenvalue weighted by molar-refractivity contribution is -0.143. The molecule has 0 aliphatic heterocycles. The fourth-order valence-electron chi connectivity index (χ4n) is 1.39. The third-order valence-corrected chi connectivity index (χ3v) is 3.03. The summed E-state index contributed by atoms with van der Waals surface area (Å²) in [6.45, 7) is -1.19. The minimum atomic E-state index is -4.51. The molecule has 0 radical (unpaired) electrons. The third-order valence-electron chi connectivity index (χ3n) is 2.27. The number of hydrogen-bond donors (Lipinski definition) is 1. The Labute approximate surface area is 118 Å². The van der Waals surface area contributed by atoms with E-state index >= 15 is 0 Å². The Morgan fingerprint density at radius 3 is 2.80 bits per heavy atom. The van der Waals surface area contributed by atoms with Crippen molar-refractivity contribution >= 4 is 21.6 Å². The van der Waals surface area contributed by atoms with Crippen molar-refractivity contribution in [1.82, 2.24) is 14.9 Å². The molecule has 6 nitrogen and oxygen atoms in total. The van der Waals surface area contributed by atoms with Gasteiger partial charge in [0.15, 0.2) is 0 Å². The zero-order valence-electron chi connectivity index (χ0n) is 9.82. The topological polar surface area (TPSA) is 73.0 Å². The van der Waals surface area contributed by atoms with E-state index in [1.807, 2.05) is 0 Å². The average molecular weight is 353 g/mol. The maximum absolute atomic E-state index is 12.2. The highest BCUT2D eigenvalue weighted by molar-refractivity contribution is 9.10. The second-order valence-electron chi connectivity index (χ2n) is 3.79. The summed E-state index contributed by atoms with van der Waals surface area (Å²) in [6, 6.07) is 1.61. The first-order chi connectivity index (χ1) is 9.37. The van der Waals surface area contributed by atoms with Gasteiger partial charge in [-0.1, -0.05) is 5.16 Å². The van der Waals surface area contributed by atoms with Gasteiger partial charge >= 0.3 is 6.18 Å². The molecule has 0 unspecified atom stereocenters. The number of aromatic nitrogens is 3. The van der Waals surface area contributed by atoms with Crippen LogP contribution in [0.15, 0.2) is 32.3 Å². The monoisotopic (exact) mass is 352 g/mol.